The van der Waals surface area contributed by atoms with E-state index >= 15 is 0 Å². The SMILES string of the molecule is Cc1cc(C)cc(N(C)CC(=O)N2CCN(S(=O)(=O)c3ccccc3C#N)CC2)c1. The van der Waals surface area contributed by atoms with E-state index < -0.39 is 10.0 Å². The molecule has 0 aliphatic carbocycles. The Morgan fingerprint density at radius 1 is 1.07 bits per heavy atom. The van der Waals surface area contributed by atoms with Crippen LogP contribution in [-0.4, -0.2) is 63.3 Å². The highest BCUT2D eigenvalue weighted by atomic mass is 32.2. The minimum absolute atomic E-state index is 0.0156. The van der Waals surface area contributed by atoms with Crippen LogP contribution >= 0.6 is 0 Å². The lowest BCUT2D eigenvalue weighted by atomic mass is 10.1. The van der Waals surface area contributed by atoms with Crippen molar-refractivity contribution in [3.63, 3.8) is 0 Å². The highest BCUT2D eigenvalue weighted by Gasteiger charge is 2.31. The summed E-state index contributed by atoms with van der Waals surface area (Å²) in [6, 6.07) is 14.3. The number of likely N-dealkylation sites (N-methyl/N-ethyl adjacent to an activating group) is 1. The molecular formula is C22H26N4O3S. The quantitative estimate of drug-likeness (QED) is 0.731. The Bertz CT molecular complexity index is 1060. The monoisotopic (exact) mass is 426 g/mol. The van der Waals surface area contributed by atoms with Crippen LogP contribution in [0, 0.1) is 25.2 Å². The number of nitrogens with zero attached hydrogens (tertiary/aromatic N) is 4. The molecule has 8 heteroatoms. The number of sulfonamides is 1. The van der Waals surface area contributed by atoms with Crippen molar-refractivity contribution in [3.8, 4) is 6.07 Å². The second-order valence-corrected chi connectivity index (χ2v) is 9.50. The lowest BCUT2D eigenvalue weighted by Gasteiger charge is -2.35. The van der Waals surface area contributed by atoms with Gasteiger partial charge < -0.3 is 9.80 Å². The Kier molecular flexibility index (Phi) is 6.44. The molecule has 7 nitrogen and oxygen atoms in total. The first-order valence-corrected chi connectivity index (χ1v) is 11.2. The van der Waals surface area contributed by atoms with Gasteiger partial charge in [0.05, 0.1) is 17.0 Å². The second kappa shape index (κ2) is 8.86. The zero-order valence-corrected chi connectivity index (χ0v) is 18.3. The number of nitriles is 1. The van der Waals surface area contributed by atoms with Gasteiger partial charge in [0.1, 0.15) is 6.07 Å². The van der Waals surface area contributed by atoms with Gasteiger partial charge in [-0.25, -0.2) is 8.42 Å². The second-order valence-electron chi connectivity index (χ2n) is 7.59. The van der Waals surface area contributed by atoms with Crippen LogP contribution in [0.2, 0.25) is 0 Å². The van der Waals surface area contributed by atoms with Crippen LogP contribution in [0.5, 0.6) is 0 Å². The average Bonchev–Trinajstić information content (AvgIpc) is 2.73. The van der Waals surface area contributed by atoms with Gasteiger partial charge >= 0.3 is 0 Å². The third-order valence-corrected chi connectivity index (χ3v) is 7.19. The number of aryl methyl sites for hydroxylation is 2. The number of piperazine rings is 1. The van der Waals surface area contributed by atoms with Crippen molar-refractivity contribution in [1.82, 2.24) is 9.21 Å². The number of carbonyl (C=O) groups excluding carboxylic acids is 1. The van der Waals surface area contributed by atoms with Gasteiger partial charge in [0.25, 0.3) is 0 Å². The lowest BCUT2D eigenvalue weighted by Crippen LogP contribution is -2.52. The molecule has 3 rings (SSSR count). The Morgan fingerprint density at radius 3 is 2.27 bits per heavy atom. The molecule has 1 amide bonds. The maximum Gasteiger partial charge on any atom is 0.244 e. The maximum absolute atomic E-state index is 12.9. The fraction of sp³-hybridized carbons (Fsp3) is 0.364. The molecule has 0 aromatic heterocycles. The largest absolute Gasteiger partial charge is 0.365 e. The molecular weight excluding hydrogens is 400 g/mol. The first kappa shape index (κ1) is 21.8. The summed E-state index contributed by atoms with van der Waals surface area (Å²) in [6.07, 6.45) is 0. The van der Waals surface area contributed by atoms with Gasteiger partial charge in [0, 0.05) is 38.9 Å². The summed E-state index contributed by atoms with van der Waals surface area (Å²) in [4.78, 5) is 16.4. The standard InChI is InChI=1S/C22H26N4O3S/c1-17-12-18(2)14-20(13-17)24(3)16-22(27)25-8-10-26(11-9-25)30(28,29)21-7-5-4-6-19(21)15-23/h4-7,12-14H,8-11,16H2,1-3H3. The van der Waals surface area contributed by atoms with Crippen LogP contribution in [-0.2, 0) is 14.8 Å². The molecule has 30 heavy (non-hydrogen) atoms. The normalized spacial score (nSPS) is 14.9. The smallest absolute Gasteiger partial charge is 0.244 e. The summed E-state index contributed by atoms with van der Waals surface area (Å²) < 4.78 is 27.2. The highest BCUT2D eigenvalue weighted by molar-refractivity contribution is 7.89. The topological polar surface area (TPSA) is 84.7 Å². The summed E-state index contributed by atoms with van der Waals surface area (Å²) in [5.74, 6) is -0.0360. The molecule has 0 saturated carbocycles. The van der Waals surface area contributed by atoms with Crippen molar-refractivity contribution in [2.75, 3.05) is 44.7 Å². The Hall–Kier alpha value is -2.89. The van der Waals surface area contributed by atoms with Crippen LogP contribution in [0.4, 0.5) is 5.69 Å². The third-order valence-electron chi connectivity index (χ3n) is 5.24. The summed E-state index contributed by atoms with van der Waals surface area (Å²) in [6.45, 7) is 5.35. The van der Waals surface area contributed by atoms with E-state index in [1.807, 2.05) is 44.0 Å². The number of anilines is 1. The highest BCUT2D eigenvalue weighted by Crippen LogP contribution is 2.22. The van der Waals surface area contributed by atoms with Crippen LogP contribution in [0.3, 0.4) is 0 Å². The fourth-order valence-corrected chi connectivity index (χ4v) is 5.23. The van der Waals surface area contributed by atoms with E-state index in [0.29, 0.717) is 13.1 Å². The molecule has 1 saturated heterocycles. The van der Waals surface area contributed by atoms with E-state index in [9.17, 15) is 18.5 Å². The van der Waals surface area contributed by atoms with Crippen molar-refractivity contribution >= 4 is 21.6 Å². The molecule has 0 N–H and O–H groups in total. The van der Waals surface area contributed by atoms with Gasteiger partial charge in [-0.05, 0) is 49.2 Å². The van der Waals surface area contributed by atoms with Gasteiger partial charge in [-0.2, -0.15) is 9.57 Å². The van der Waals surface area contributed by atoms with Crippen LogP contribution < -0.4 is 4.90 Å². The minimum Gasteiger partial charge on any atom is -0.365 e. The van der Waals surface area contributed by atoms with Crippen molar-refractivity contribution < 1.29 is 13.2 Å². The van der Waals surface area contributed by atoms with Crippen LogP contribution in [0.1, 0.15) is 16.7 Å². The molecule has 0 spiro atoms. The molecule has 1 aliphatic rings. The van der Waals surface area contributed by atoms with Crippen molar-refractivity contribution in [2.45, 2.75) is 18.7 Å². The van der Waals surface area contributed by atoms with E-state index in [1.54, 1.807) is 17.0 Å². The predicted molar refractivity (Wildman–Crippen MR) is 116 cm³/mol. The number of benzene rings is 2. The Balaban J connectivity index is 1.63. The molecule has 1 heterocycles. The van der Waals surface area contributed by atoms with Gasteiger partial charge in [-0.1, -0.05) is 18.2 Å². The van der Waals surface area contributed by atoms with Crippen LogP contribution in [0.15, 0.2) is 47.4 Å². The molecule has 0 radical (unpaired) electrons. The van der Waals surface area contributed by atoms with Crippen molar-refractivity contribution in [2.24, 2.45) is 0 Å². The van der Waals surface area contributed by atoms with Gasteiger partial charge in [0.2, 0.25) is 15.9 Å². The van der Waals surface area contributed by atoms with Gasteiger partial charge in [-0.15, -0.1) is 0 Å². The van der Waals surface area contributed by atoms with Crippen molar-refractivity contribution in [1.29, 1.82) is 5.26 Å². The summed E-state index contributed by atoms with van der Waals surface area (Å²) >= 11 is 0. The first-order valence-electron chi connectivity index (χ1n) is 9.79. The van der Waals surface area contributed by atoms with E-state index in [1.165, 1.54) is 16.4 Å². The number of carbonyl (C=O) groups is 1. The number of amides is 1. The third kappa shape index (κ3) is 4.64. The molecule has 0 unspecified atom stereocenters. The van der Waals surface area contributed by atoms with Crippen molar-refractivity contribution in [3.05, 3.63) is 59.2 Å². The Morgan fingerprint density at radius 2 is 1.67 bits per heavy atom. The van der Waals surface area contributed by atoms with E-state index in [4.69, 9.17) is 0 Å². The zero-order valence-electron chi connectivity index (χ0n) is 17.5. The fourth-order valence-electron chi connectivity index (χ4n) is 3.67. The maximum atomic E-state index is 12.9. The molecule has 1 fully saturated rings. The molecule has 0 bridgehead atoms. The molecule has 2 aromatic rings. The average molecular weight is 427 g/mol. The summed E-state index contributed by atoms with van der Waals surface area (Å²) in [5.41, 5.74) is 3.39. The molecule has 1 aliphatic heterocycles. The van der Waals surface area contributed by atoms with E-state index in [2.05, 4.69) is 6.07 Å². The molecule has 0 atom stereocenters. The van der Waals surface area contributed by atoms with Gasteiger partial charge in [-0.3, -0.25) is 4.79 Å². The van der Waals surface area contributed by atoms with Gasteiger partial charge in [0.15, 0.2) is 0 Å². The predicted octanol–water partition coefficient (Wildman–Crippen LogP) is 2.14. The number of rotatable bonds is 5. The van der Waals surface area contributed by atoms with E-state index in [-0.39, 0.29) is 36.0 Å². The minimum atomic E-state index is -3.77. The van der Waals surface area contributed by atoms with Crippen LogP contribution in [0.25, 0.3) is 0 Å². The summed E-state index contributed by atoms with van der Waals surface area (Å²) in [7, 11) is -1.89. The van der Waals surface area contributed by atoms with E-state index in [0.717, 1.165) is 16.8 Å². The summed E-state index contributed by atoms with van der Waals surface area (Å²) in [5, 5.41) is 9.22. The molecule has 2 aromatic carbocycles. The lowest BCUT2D eigenvalue weighted by molar-refractivity contribution is -0.130. The first-order chi connectivity index (χ1) is 14.2. The Labute approximate surface area is 178 Å². The number of hydrogen-bond donors (Lipinski definition) is 0. The zero-order chi connectivity index (χ0) is 21.9. The number of hydrogen-bond acceptors (Lipinski definition) is 5. The molecule has 158 valence electrons.